The van der Waals surface area contributed by atoms with Gasteiger partial charge in [0.05, 0.1) is 26.2 Å². The maximum atomic E-state index is 13.4. The summed E-state index contributed by atoms with van der Waals surface area (Å²) >= 11 is 0. The number of rotatable bonds is 4. The van der Waals surface area contributed by atoms with Crippen LogP contribution >= 0.6 is 0 Å². The van der Waals surface area contributed by atoms with Gasteiger partial charge in [-0.1, -0.05) is 18.2 Å². The topological polar surface area (TPSA) is 67.9 Å². The van der Waals surface area contributed by atoms with E-state index >= 15 is 0 Å². The first-order valence-electron chi connectivity index (χ1n) is 10.1. The van der Waals surface area contributed by atoms with E-state index in [1.807, 2.05) is 41.3 Å². The number of carbonyl (C=O) groups excluding carboxylic acids is 2. The maximum Gasteiger partial charge on any atom is 0.254 e. The van der Waals surface area contributed by atoms with Crippen molar-refractivity contribution < 1.29 is 19.1 Å². The molecule has 1 saturated carbocycles. The number of fused-ring (bicyclic) bond motifs is 4. The van der Waals surface area contributed by atoms with E-state index in [4.69, 9.17) is 9.47 Å². The van der Waals surface area contributed by atoms with E-state index in [9.17, 15) is 9.59 Å². The Morgan fingerprint density at radius 1 is 1.07 bits per heavy atom. The van der Waals surface area contributed by atoms with E-state index in [-0.39, 0.29) is 23.9 Å². The number of amides is 2. The number of nitrogens with one attached hydrogen (secondary N) is 1. The molecule has 1 aliphatic carbocycles. The molecule has 0 radical (unpaired) electrons. The van der Waals surface area contributed by atoms with Crippen LogP contribution in [0.15, 0.2) is 36.4 Å². The molecule has 0 bridgehead atoms. The third kappa shape index (κ3) is 2.85. The minimum atomic E-state index is -0.443. The van der Waals surface area contributed by atoms with Crippen LogP contribution in [0.2, 0.25) is 0 Å². The zero-order valence-electron chi connectivity index (χ0n) is 16.6. The number of carbonyl (C=O) groups is 2. The standard InChI is InChI=1S/C23H24N2O4/c1-28-18-11-13-9-10-25-21(17(13)12-19(18)29-2)20(22(26)24-14-7-8-14)15-5-3-4-6-16(15)23(25)27/h3-6,11-12,14,20-21H,7-10H2,1-2H3,(H,24,26). The van der Waals surface area contributed by atoms with Gasteiger partial charge in [-0.3, -0.25) is 9.59 Å². The van der Waals surface area contributed by atoms with Crippen LogP contribution in [0.25, 0.3) is 0 Å². The Bertz CT molecular complexity index is 998. The molecule has 150 valence electrons. The Morgan fingerprint density at radius 3 is 2.52 bits per heavy atom. The van der Waals surface area contributed by atoms with Crippen LogP contribution in [0.1, 0.15) is 51.8 Å². The highest BCUT2D eigenvalue weighted by Crippen LogP contribution is 2.48. The zero-order chi connectivity index (χ0) is 20.1. The van der Waals surface area contributed by atoms with Gasteiger partial charge in [0.25, 0.3) is 5.91 Å². The van der Waals surface area contributed by atoms with Gasteiger partial charge < -0.3 is 19.7 Å². The highest BCUT2D eigenvalue weighted by molar-refractivity contribution is 6.01. The lowest BCUT2D eigenvalue weighted by Gasteiger charge is -2.45. The summed E-state index contributed by atoms with van der Waals surface area (Å²) in [6.07, 6.45) is 2.76. The van der Waals surface area contributed by atoms with Crippen LogP contribution in [0.4, 0.5) is 0 Å². The van der Waals surface area contributed by atoms with Gasteiger partial charge in [-0.25, -0.2) is 0 Å². The summed E-state index contributed by atoms with van der Waals surface area (Å²) < 4.78 is 11.0. The third-order valence-corrected chi connectivity index (χ3v) is 6.23. The van der Waals surface area contributed by atoms with Crippen molar-refractivity contribution >= 4 is 11.8 Å². The van der Waals surface area contributed by atoms with Crippen molar-refractivity contribution in [3.05, 3.63) is 58.7 Å². The first-order valence-corrected chi connectivity index (χ1v) is 10.1. The van der Waals surface area contributed by atoms with Gasteiger partial charge in [-0.2, -0.15) is 0 Å². The summed E-state index contributed by atoms with van der Waals surface area (Å²) in [4.78, 5) is 28.5. The lowest BCUT2D eigenvalue weighted by Crippen LogP contribution is -2.50. The summed E-state index contributed by atoms with van der Waals surface area (Å²) in [5.41, 5.74) is 3.50. The predicted octanol–water partition coefficient (Wildman–Crippen LogP) is 2.82. The first-order chi connectivity index (χ1) is 14.1. The van der Waals surface area contributed by atoms with Gasteiger partial charge >= 0.3 is 0 Å². The Balaban J connectivity index is 1.68. The molecule has 5 rings (SSSR count). The van der Waals surface area contributed by atoms with Crippen LogP contribution in [0, 0.1) is 0 Å². The molecule has 6 heteroatoms. The molecule has 1 fully saturated rings. The molecule has 2 unspecified atom stereocenters. The zero-order valence-corrected chi connectivity index (χ0v) is 16.6. The average Bonchev–Trinajstić information content (AvgIpc) is 3.56. The SMILES string of the molecule is COc1cc2c(cc1OC)C1C(C(=O)NC3CC3)c3ccccc3C(=O)N1CC2. The molecule has 1 N–H and O–H groups in total. The normalized spacial score (nSPS) is 22.3. The molecule has 2 aromatic carbocycles. The van der Waals surface area contributed by atoms with E-state index < -0.39 is 5.92 Å². The fourth-order valence-electron chi connectivity index (χ4n) is 4.65. The van der Waals surface area contributed by atoms with Crippen LogP contribution in [-0.4, -0.2) is 43.5 Å². The molecule has 2 aromatic rings. The Kier molecular flexibility index (Phi) is 4.23. The Hall–Kier alpha value is -3.02. The molecule has 0 spiro atoms. The summed E-state index contributed by atoms with van der Waals surface area (Å²) in [5.74, 6) is 0.815. The molecule has 2 aliphatic heterocycles. The van der Waals surface area contributed by atoms with E-state index in [1.165, 1.54) is 0 Å². The molecular weight excluding hydrogens is 368 g/mol. The second kappa shape index (κ2) is 6.79. The van der Waals surface area contributed by atoms with Crippen LogP contribution < -0.4 is 14.8 Å². The van der Waals surface area contributed by atoms with Gasteiger partial charge in [-0.05, 0) is 54.2 Å². The number of hydrogen-bond donors (Lipinski definition) is 1. The number of methoxy groups -OCH3 is 2. The molecule has 3 aliphatic rings. The van der Waals surface area contributed by atoms with Gasteiger partial charge in [0, 0.05) is 18.2 Å². The predicted molar refractivity (Wildman–Crippen MR) is 107 cm³/mol. The Labute approximate surface area is 169 Å². The fourth-order valence-corrected chi connectivity index (χ4v) is 4.65. The second-order valence-corrected chi connectivity index (χ2v) is 7.95. The highest BCUT2D eigenvalue weighted by Gasteiger charge is 2.47. The lowest BCUT2D eigenvalue weighted by molar-refractivity contribution is -0.124. The molecule has 0 saturated heterocycles. The van der Waals surface area contributed by atoms with Gasteiger partial charge in [0.2, 0.25) is 5.91 Å². The van der Waals surface area contributed by atoms with Crippen molar-refractivity contribution in [2.24, 2.45) is 0 Å². The summed E-state index contributed by atoms with van der Waals surface area (Å²) in [7, 11) is 3.22. The molecule has 0 aromatic heterocycles. The molecular formula is C23H24N2O4. The molecule has 2 amide bonds. The monoisotopic (exact) mass is 392 g/mol. The minimum Gasteiger partial charge on any atom is -0.493 e. The van der Waals surface area contributed by atoms with Crippen molar-refractivity contribution in [3.8, 4) is 11.5 Å². The number of hydrogen-bond acceptors (Lipinski definition) is 4. The average molecular weight is 392 g/mol. The van der Waals surface area contributed by atoms with E-state index in [2.05, 4.69) is 5.32 Å². The number of ether oxygens (including phenoxy) is 2. The lowest BCUT2D eigenvalue weighted by atomic mass is 9.75. The fraction of sp³-hybridized carbons (Fsp3) is 0.391. The number of benzene rings is 2. The smallest absolute Gasteiger partial charge is 0.254 e. The minimum absolute atomic E-state index is 0.00918. The van der Waals surface area contributed by atoms with Gasteiger partial charge in [0.1, 0.15) is 0 Å². The Morgan fingerprint density at radius 2 is 1.79 bits per heavy atom. The van der Waals surface area contributed by atoms with Gasteiger partial charge in [0.15, 0.2) is 11.5 Å². The highest BCUT2D eigenvalue weighted by atomic mass is 16.5. The molecule has 2 heterocycles. The summed E-state index contributed by atoms with van der Waals surface area (Å²) in [6, 6.07) is 11.3. The number of nitrogens with zero attached hydrogens (tertiary/aromatic N) is 1. The van der Waals surface area contributed by atoms with Crippen molar-refractivity contribution in [2.75, 3.05) is 20.8 Å². The summed E-state index contributed by atoms with van der Waals surface area (Å²) in [6.45, 7) is 0.577. The third-order valence-electron chi connectivity index (χ3n) is 6.23. The molecule has 2 atom stereocenters. The first kappa shape index (κ1) is 18.0. The van der Waals surface area contributed by atoms with E-state index in [0.717, 1.165) is 36.0 Å². The van der Waals surface area contributed by atoms with Crippen molar-refractivity contribution in [1.29, 1.82) is 0 Å². The molecule has 29 heavy (non-hydrogen) atoms. The second-order valence-electron chi connectivity index (χ2n) is 7.95. The van der Waals surface area contributed by atoms with Crippen molar-refractivity contribution in [3.63, 3.8) is 0 Å². The van der Waals surface area contributed by atoms with Crippen molar-refractivity contribution in [1.82, 2.24) is 10.2 Å². The van der Waals surface area contributed by atoms with Crippen LogP contribution in [-0.2, 0) is 11.2 Å². The van der Waals surface area contributed by atoms with Crippen LogP contribution in [0.3, 0.4) is 0 Å². The largest absolute Gasteiger partial charge is 0.493 e. The quantitative estimate of drug-likeness (QED) is 0.869. The van der Waals surface area contributed by atoms with Crippen molar-refractivity contribution in [2.45, 2.75) is 37.3 Å². The summed E-state index contributed by atoms with van der Waals surface area (Å²) in [5, 5.41) is 3.16. The van der Waals surface area contributed by atoms with E-state index in [0.29, 0.717) is 23.6 Å². The van der Waals surface area contributed by atoms with Gasteiger partial charge in [-0.15, -0.1) is 0 Å². The maximum absolute atomic E-state index is 13.4. The van der Waals surface area contributed by atoms with Crippen LogP contribution in [0.5, 0.6) is 11.5 Å². The van der Waals surface area contributed by atoms with E-state index in [1.54, 1.807) is 14.2 Å². The molecule has 6 nitrogen and oxygen atoms in total.